The smallest absolute Gasteiger partial charge is 0.309 e. The van der Waals surface area contributed by atoms with Crippen molar-refractivity contribution in [1.82, 2.24) is 0 Å². The third-order valence-corrected chi connectivity index (χ3v) is 3.34. The molecule has 1 aliphatic rings. The normalized spacial score (nSPS) is 17.9. The molecular weight excluding hydrogens is 214 g/mol. The number of hydrogen-bond acceptors (Lipinski definition) is 1. The van der Waals surface area contributed by atoms with Gasteiger partial charge in [0.2, 0.25) is 0 Å². The van der Waals surface area contributed by atoms with Gasteiger partial charge < -0.3 is 5.11 Å². The first kappa shape index (κ1) is 11.0. The van der Waals surface area contributed by atoms with E-state index in [1.54, 1.807) is 0 Å². The van der Waals surface area contributed by atoms with Crippen LogP contribution < -0.4 is 0 Å². The van der Waals surface area contributed by atoms with Crippen LogP contribution in [-0.2, 0) is 11.2 Å². The quantitative estimate of drug-likeness (QED) is 0.860. The molecule has 1 aromatic carbocycles. The van der Waals surface area contributed by atoms with Gasteiger partial charge in [-0.25, -0.2) is 8.78 Å². The molecule has 2 rings (SSSR count). The highest BCUT2D eigenvalue weighted by molar-refractivity contribution is 5.76. The van der Waals surface area contributed by atoms with Gasteiger partial charge in [0.15, 0.2) is 0 Å². The molecule has 0 spiro atoms. The van der Waals surface area contributed by atoms with E-state index in [1.165, 1.54) is 6.07 Å². The maximum atomic E-state index is 13.4. The zero-order valence-corrected chi connectivity index (χ0v) is 8.67. The van der Waals surface area contributed by atoms with Crippen molar-refractivity contribution in [3.8, 4) is 0 Å². The van der Waals surface area contributed by atoms with E-state index in [9.17, 15) is 13.6 Å². The summed E-state index contributed by atoms with van der Waals surface area (Å²) in [6, 6.07) is 3.60. The van der Waals surface area contributed by atoms with Gasteiger partial charge in [-0.3, -0.25) is 4.79 Å². The number of halogens is 2. The van der Waals surface area contributed by atoms with Gasteiger partial charge in [-0.15, -0.1) is 0 Å². The van der Waals surface area contributed by atoms with Crippen molar-refractivity contribution in [1.29, 1.82) is 0 Å². The summed E-state index contributed by atoms with van der Waals surface area (Å²) >= 11 is 0. The lowest BCUT2D eigenvalue weighted by Gasteiger charge is -2.37. The Bertz CT molecular complexity index is 405. The Morgan fingerprint density at radius 1 is 1.31 bits per heavy atom. The highest BCUT2D eigenvalue weighted by atomic mass is 19.1. The van der Waals surface area contributed by atoms with Crippen LogP contribution in [0.2, 0.25) is 0 Å². The second kappa shape index (κ2) is 3.85. The second-order valence-corrected chi connectivity index (χ2v) is 4.32. The Hall–Kier alpha value is -1.45. The van der Waals surface area contributed by atoms with Crippen LogP contribution >= 0.6 is 0 Å². The van der Waals surface area contributed by atoms with Crippen molar-refractivity contribution in [3.63, 3.8) is 0 Å². The van der Waals surface area contributed by atoms with Gasteiger partial charge in [-0.2, -0.15) is 0 Å². The Labute approximate surface area is 91.9 Å². The fraction of sp³-hybridized carbons (Fsp3) is 0.417. The van der Waals surface area contributed by atoms with Gasteiger partial charge in [-0.05, 0) is 31.4 Å². The molecule has 0 heterocycles. The van der Waals surface area contributed by atoms with Crippen LogP contribution in [0.25, 0.3) is 0 Å². The number of carbonyl (C=O) groups is 1. The average Bonchev–Trinajstić information content (AvgIpc) is 2.14. The van der Waals surface area contributed by atoms with Crippen molar-refractivity contribution in [2.45, 2.75) is 25.7 Å². The fourth-order valence-electron chi connectivity index (χ4n) is 2.11. The lowest BCUT2D eigenvalue weighted by atomic mass is 9.65. The topological polar surface area (TPSA) is 37.3 Å². The SMILES string of the molecule is O=C(O)C1(Cc2c(F)cccc2F)CCC1. The van der Waals surface area contributed by atoms with Gasteiger partial charge in [0.05, 0.1) is 5.41 Å². The lowest BCUT2D eigenvalue weighted by molar-refractivity contribution is -0.154. The molecule has 1 N–H and O–H groups in total. The minimum absolute atomic E-state index is 0.0547. The van der Waals surface area contributed by atoms with Crippen molar-refractivity contribution < 1.29 is 18.7 Å². The molecular formula is C12H12F2O2. The molecule has 16 heavy (non-hydrogen) atoms. The third-order valence-electron chi connectivity index (χ3n) is 3.34. The molecule has 0 saturated heterocycles. The summed E-state index contributed by atoms with van der Waals surface area (Å²) in [6.45, 7) is 0. The summed E-state index contributed by atoms with van der Waals surface area (Å²) < 4.78 is 26.7. The van der Waals surface area contributed by atoms with Crippen LogP contribution in [0.5, 0.6) is 0 Å². The van der Waals surface area contributed by atoms with E-state index < -0.39 is 23.0 Å². The van der Waals surface area contributed by atoms with Gasteiger partial charge in [0.1, 0.15) is 11.6 Å². The molecule has 1 aromatic rings. The number of aliphatic carboxylic acids is 1. The summed E-state index contributed by atoms with van der Waals surface area (Å²) in [7, 11) is 0. The molecule has 0 aliphatic heterocycles. The zero-order valence-electron chi connectivity index (χ0n) is 8.67. The van der Waals surface area contributed by atoms with E-state index in [1.807, 2.05) is 0 Å². The van der Waals surface area contributed by atoms with Gasteiger partial charge in [0, 0.05) is 5.56 Å². The van der Waals surface area contributed by atoms with Crippen LogP contribution in [0.1, 0.15) is 24.8 Å². The number of hydrogen-bond donors (Lipinski definition) is 1. The van der Waals surface area contributed by atoms with Gasteiger partial charge in [0.25, 0.3) is 0 Å². The van der Waals surface area contributed by atoms with Crippen molar-refractivity contribution in [2.24, 2.45) is 5.41 Å². The fourth-order valence-corrected chi connectivity index (χ4v) is 2.11. The third kappa shape index (κ3) is 1.68. The molecule has 1 aliphatic carbocycles. The van der Waals surface area contributed by atoms with E-state index >= 15 is 0 Å². The molecule has 0 atom stereocenters. The average molecular weight is 226 g/mol. The van der Waals surface area contributed by atoms with Crippen LogP contribution in [0.3, 0.4) is 0 Å². The number of carboxylic acids is 1. The second-order valence-electron chi connectivity index (χ2n) is 4.32. The predicted molar refractivity (Wildman–Crippen MR) is 54.0 cm³/mol. The highest BCUT2D eigenvalue weighted by Crippen LogP contribution is 2.44. The van der Waals surface area contributed by atoms with Crippen molar-refractivity contribution >= 4 is 5.97 Å². The van der Waals surface area contributed by atoms with Crippen LogP contribution in [-0.4, -0.2) is 11.1 Å². The minimum Gasteiger partial charge on any atom is -0.481 e. The molecule has 86 valence electrons. The summed E-state index contributed by atoms with van der Waals surface area (Å²) in [5.74, 6) is -2.28. The first-order valence-electron chi connectivity index (χ1n) is 5.21. The van der Waals surface area contributed by atoms with Gasteiger partial charge >= 0.3 is 5.97 Å². The Morgan fingerprint density at radius 2 is 1.88 bits per heavy atom. The zero-order chi connectivity index (χ0) is 11.8. The van der Waals surface area contributed by atoms with Gasteiger partial charge in [-0.1, -0.05) is 12.5 Å². The standard InChI is InChI=1S/C12H12F2O2/c13-9-3-1-4-10(14)8(9)7-12(11(15)16)5-2-6-12/h1,3-4H,2,5-7H2,(H,15,16). The largest absolute Gasteiger partial charge is 0.481 e. The minimum atomic E-state index is -0.957. The maximum Gasteiger partial charge on any atom is 0.309 e. The van der Waals surface area contributed by atoms with E-state index in [0.717, 1.165) is 18.6 Å². The number of carboxylic acid groups (broad SMARTS) is 1. The van der Waals surface area contributed by atoms with E-state index in [2.05, 4.69) is 0 Å². The summed E-state index contributed by atoms with van der Waals surface area (Å²) in [6.07, 6.45) is 1.75. The van der Waals surface area contributed by atoms with E-state index in [0.29, 0.717) is 12.8 Å². The monoisotopic (exact) mass is 226 g/mol. The molecule has 2 nitrogen and oxygen atoms in total. The first-order chi connectivity index (χ1) is 7.55. The van der Waals surface area contributed by atoms with Crippen molar-refractivity contribution in [2.75, 3.05) is 0 Å². The Kier molecular flexibility index (Phi) is 2.66. The highest BCUT2D eigenvalue weighted by Gasteiger charge is 2.45. The molecule has 0 bridgehead atoms. The first-order valence-corrected chi connectivity index (χ1v) is 5.21. The Balaban J connectivity index is 2.30. The number of rotatable bonds is 3. The van der Waals surface area contributed by atoms with E-state index in [-0.39, 0.29) is 12.0 Å². The predicted octanol–water partition coefficient (Wildman–Crippen LogP) is 2.76. The summed E-state index contributed by atoms with van der Waals surface area (Å²) in [5.41, 5.74) is -1.06. The van der Waals surface area contributed by atoms with Crippen LogP contribution in [0.15, 0.2) is 18.2 Å². The molecule has 0 unspecified atom stereocenters. The van der Waals surface area contributed by atoms with E-state index in [4.69, 9.17) is 5.11 Å². The maximum absolute atomic E-state index is 13.4. The molecule has 4 heteroatoms. The lowest BCUT2D eigenvalue weighted by Crippen LogP contribution is -2.40. The number of benzene rings is 1. The summed E-state index contributed by atoms with van der Waals surface area (Å²) in [4.78, 5) is 11.1. The van der Waals surface area contributed by atoms with Crippen molar-refractivity contribution in [3.05, 3.63) is 35.4 Å². The molecule has 0 aromatic heterocycles. The van der Waals surface area contributed by atoms with Crippen LogP contribution in [0.4, 0.5) is 8.78 Å². The Morgan fingerprint density at radius 3 is 2.25 bits per heavy atom. The molecule has 0 amide bonds. The van der Waals surface area contributed by atoms with Crippen LogP contribution in [0, 0.1) is 17.0 Å². The molecule has 1 fully saturated rings. The molecule has 0 radical (unpaired) electrons. The molecule has 1 saturated carbocycles. The summed E-state index contributed by atoms with van der Waals surface area (Å²) in [5, 5.41) is 9.08.